The molecule has 0 amide bonds. The molecule has 0 aliphatic carbocycles. The van der Waals surface area contributed by atoms with Crippen LogP contribution in [0.5, 0.6) is 11.6 Å². The molecular weight excluding hydrogens is 261 g/mol. The number of halogens is 2. The number of hydrogen-bond donors (Lipinski definition) is 1. The minimum Gasteiger partial charge on any atom is -0.437 e. The quantitative estimate of drug-likeness (QED) is 0.849. The summed E-state index contributed by atoms with van der Waals surface area (Å²) in [7, 11) is 0. The summed E-state index contributed by atoms with van der Waals surface area (Å²) in [6, 6.07) is 4.72. The van der Waals surface area contributed by atoms with Gasteiger partial charge in [0.25, 0.3) is 0 Å². The van der Waals surface area contributed by atoms with Gasteiger partial charge < -0.3 is 10.5 Å². The van der Waals surface area contributed by atoms with Crippen molar-refractivity contribution in [2.75, 3.05) is 5.73 Å². The molecular formula is C11H9Cl2N3O. The Labute approximate surface area is 108 Å². The van der Waals surface area contributed by atoms with E-state index in [4.69, 9.17) is 33.7 Å². The molecule has 0 aliphatic rings. The molecule has 1 aromatic heterocycles. The highest BCUT2D eigenvalue weighted by molar-refractivity contribution is 6.42. The summed E-state index contributed by atoms with van der Waals surface area (Å²) in [6.45, 7) is 1.77. The molecule has 0 radical (unpaired) electrons. The number of nitrogens with zero attached hydrogens (tertiary/aromatic N) is 2. The molecule has 2 rings (SSSR count). The van der Waals surface area contributed by atoms with Crippen LogP contribution in [0, 0.1) is 6.92 Å². The predicted octanol–water partition coefficient (Wildman–Crippen LogP) is 3.47. The number of benzene rings is 1. The number of nitrogens with two attached hydrogens (primary N) is 1. The number of anilines is 1. The number of rotatable bonds is 2. The first kappa shape index (κ1) is 12.0. The topological polar surface area (TPSA) is 61.0 Å². The summed E-state index contributed by atoms with van der Waals surface area (Å²) in [6.07, 6.45) is 1.60. The zero-order valence-electron chi connectivity index (χ0n) is 8.95. The van der Waals surface area contributed by atoms with Gasteiger partial charge in [-0.15, -0.1) is 0 Å². The zero-order valence-corrected chi connectivity index (χ0v) is 10.5. The molecule has 0 saturated carbocycles. The maximum atomic E-state index is 5.88. The fourth-order valence-corrected chi connectivity index (χ4v) is 1.56. The van der Waals surface area contributed by atoms with Crippen LogP contribution in [0.2, 0.25) is 10.0 Å². The lowest BCUT2D eigenvalue weighted by molar-refractivity contribution is 0.462. The van der Waals surface area contributed by atoms with Gasteiger partial charge in [0.2, 0.25) is 5.88 Å². The minimum absolute atomic E-state index is 0.377. The molecule has 88 valence electrons. The normalized spacial score (nSPS) is 10.3. The molecule has 6 heteroatoms. The fourth-order valence-electron chi connectivity index (χ4n) is 1.24. The molecule has 0 atom stereocenters. The van der Waals surface area contributed by atoms with E-state index in [-0.39, 0.29) is 0 Å². The Balaban J connectivity index is 2.33. The number of ether oxygens (including phenoxy) is 1. The van der Waals surface area contributed by atoms with Crippen molar-refractivity contribution in [1.29, 1.82) is 0 Å². The van der Waals surface area contributed by atoms with Crippen LogP contribution in [0.25, 0.3) is 0 Å². The van der Waals surface area contributed by atoms with Crippen molar-refractivity contribution < 1.29 is 4.74 Å². The van der Waals surface area contributed by atoms with Crippen molar-refractivity contribution in [3.05, 3.63) is 40.3 Å². The molecule has 0 saturated heterocycles. The molecule has 1 heterocycles. The highest BCUT2D eigenvalue weighted by atomic mass is 35.5. The zero-order chi connectivity index (χ0) is 12.4. The predicted molar refractivity (Wildman–Crippen MR) is 67.7 cm³/mol. The molecule has 4 nitrogen and oxygen atoms in total. The lowest BCUT2D eigenvalue weighted by atomic mass is 10.3. The van der Waals surface area contributed by atoms with E-state index in [0.717, 1.165) is 0 Å². The van der Waals surface area contributed by atoms with E-state index in [2.05, 4.69) is 9.97 Å². The Kier molecular flexibility index (Phi) is 3.36. The van der Waals surface area contributed by atoms with Crippen LogP contribution < -0.4 is 10.5 Å². The van der Waals surface area contributed by atoms with Crippen LogP contribution in [0.15, 0.2) is 24.4 Å². The molecule has 0 bridgehead atoms. The van der Waals surface area contributed by atoms with Gasteiger partial charge in [0.1, 0.15) is 5.82 Å². The Bertz CT molecular complexity index is 560. The van der Waals surface area contributed by atoms with Gasteiger partial charge in [0.15, 0.2) is 5.75 Å². The van der Waals surface area contributed by atoms with E-state index in [0.29, 0.717) is 33.2 Å². The van der Waals surface area contributed by atoms with Crippen LogP contribution in [0.3, 0.4) is 0 Å². The highest BCUT2D eigenvalue weighted by Crippen LogP contribution is 2.34. The summed E-state index contributed by atoms with van der Waals surface area (Å²) in [4.78, 5) is 8.06. The SMILES string of the molecule is Cc1nccc(Oc2cc(Cl)c(Cl)cc2N)n1. The van der Waals surface area contributed by atoms with Crippen molar-refractivity contribution in [2.24, 2.45) is 0 Å². The Morgan fingerprint density at radius 3 is 2.65 bits per heavy atom. The number of hydrogen-bond acceptors (Lipinski definition) is 4. The van der Waals surface area contributed by atoms with E-state index < -0.39 is 0 Å². The van der Waals surface area contributed by atoms with Gasteiger partial charge in [-0.05, 0) is 13.0 Å². The third-order valence-corrected chi connectivity index (χ3v) is 2.74. The highest BCUT2D eigenvalue weighted by Gasteiger charge is 2.08. The molecule has 0 aliphatic heterocycles. The van der Waals surface area contributed by atoms with Crippen LogP contribution in [0.1, 0.15) is 5.82 Å². The number of nitrogen functional groups attached to an aromatic ring is 1. The van der Waals surface area contributed by atoms with Gasteiger partial charge in [-0.2, -0.15) is 4.98 Å². The number of aryl methyl sites for hydroxylation is 1. The van der Waals surface area contributed by atoms with E-state index in [1.54, 1.807) is 25.3 Å². The Hall–Kier alpha value is -1.52. The van der Waals surface area contributed by atoms with Crippen molar-refractivity contribution in [3.63, 3.8) is 0 Å². The van der Waals surface area contributed by atoms with Gasteiger partial charge in [-0.3, -0.25) is 0 Å². The molecule has 17 heavy (non-hydrogen) atoms. The maximum Gasteiger partial charge on any atom is 0.222 e. The third kappa shape index (κ3) is 2.78. The maximum absolute atomic E-state index is 5.88. The molecule has 0 unspecified atom stereocenters. The standard InChI is InChI=1S/C11H9Cl2N3O/c1-6-15-3-2-11(16-6)17-10-5-8(13)7(12)4-9(10)14/h2-5H,14H2,1H3. The first-order valence-corrected chi connectivity index (χ1v) is 5.54. The monoisotopic (exact) mass is 269 g/mol. The lowest BCUT2D eigenvalue weighted by Gasteiger charge is -2.08. The molecule has 0 fully saturated rings. The fraction of sp³-hybridized carbons (Fsp3) is 0.0909. The van der Waals surface area contributed by atoms with Crippen LogP contribution in [-0.2, 0) is 0 Å². The van der Waals surface area contributed by atoms with Crippen LogP contribution >= 0.6 is 23.2 Å². The van der Waals surface area contributed by atoms with E-state index in [1.807, 2.05) is 0 Å². The van der Waals surface area contributed by atoms with Crippen molar-refractivity contribution >= 4 is 28.9 Å². The van der Waals surface area contributed by atoms with E-state index in [9.17, 15) is 0 Å². The van der Waals surface area contributed by atoms with E-state index in [1.165, 1.54) is 6.07 Å². The molecule has 0 spiro atoms. The van der Waals surface area contributed by atoms with Crippen LogP contribution in [0.4, 0.5) is 5.69 Å². The second-order valence-corrected chi connectivity index (χ2v) is 4.16. The Morgan fingerprint density at radius 1 is 1.24 bits per heavy atom. The largest absolute Gasteiger partial charge is 0.437 e. The lowest BCUT2D eigenvalue weighted by Crippen LogP contribution is -1.95. The first-order chi connectivity index (χ1) is 8.06. The van der Waals surface area contributed by atoms with Crippen molar-refractivity contribution in [2.45, 2.75) is 6.92 Å². The third-order valence-electron chi connectivity index (χ3n) is 2.02. The molecule has 1 aromatic carbocycles. The second kappa shape index (κ2) is 4.77. The summed E-state index contributed by atoms with van der Waals surface area (Å²) in [5.41, 5.74) is 6.16. The van der Waals surface area contributed by atoms with Crippen LogP contribution in [-0.4, -0.2) is 9.97 Å². The van der Waals surface area contributed by atoms with Crippen molar-refractivity contribution in [1.82, 2.24) is 9.97 Å². The van der Waals surface area contributed by atoms with Crippen molar-refractivity contribution in [3.8, 4) is 11.6 Å². The molecule has 2 N–H and O–H groups in total. The van der Waals surface area contributed by atoms with Gasteiger partial charge in [-0.1, -0.05) is 23.2 Å². The van der Waals surface area contributed by atoms with Gasteiger partial charge in [-0.25, -0.2) is 4.98 Å². The average Bonchev–Trinajstić information content (AvgIpc) is 2.26. The second-order valence-electron chi connectivity index (χ2n) is 3.35. The summed E-state index contributed by atoms with van der Waals surface area (Å²) >= 11 is 11.7. The first-order valence-electron chi connectivity index (χ1n) is 4.78. The minimum atomic E-state index is 0.377. The summed E-state index contributed by atoms with van der Waals surface area (Å²) in [5.74, 6) is 1.43. The van der Waals surface area contributed by atoms with Gasteiger partial charge in [0.05, 0.1) is 15.7 Å². The number of aromatic nitrogens is 2. The van der Waals surface area contributed by atoms with E-state index >= 15 is 0 Å². The smallest absolute Gasteiger partial charge is 0.222 e. The Morgan fingerprint density at radius 2 is 1.94 bits per heavy atom. The molecule has 2 aromatic rings. The average molecular weight is 270 g/mol. The van der Waals surface area contributed by atoms with Gasteiger partial charge >= 0.3 is 0 Å². The van der Waals surface area contributed by atoms with Gasteiger partial charge in [0, 0.05) is 18.3 Å². The summed E-state index contributed by atoms with van der Waals surface area (Å²) < 4.78 is 5.51. The summed E-state index contributed by atoms with van der Waals surface area (Å²) in [5, 5.41) is 0.761.